The van der Waals surface area contributed by atoms with E-state index in [9.17, 15) is 29.1 Å². The van der Waals surface area contributed by atoms with Crippen LogP contribution in [-0.4, -0.2) is 94.0 Å². The Bertz CT molecular complexity index is 1550. The van der Waals surface area contributed by atoms with Crippen LogP contribution >= 0.6 is 11.3 Å². The van der Waals surface area contributed by atoms with Gasteiger partial charge >= 0.3 is 5.97 Å². The van der Waals surface area contributed by atoms with Gasteiger partial charge in [0.05, 0.1) is 11.0 Å². The van der Waals surface area contributed by atoms with Crippen LogP contribution in [0.5, 0.6) is 5.75 Å². The molecule has 0 saturated carbocycles. The Kier molecular flexibility index (Phi) is 18.5. The third-order valence-electron chi connectivity index (χ3n) is 10.5. The highest BCUT2D eigenvalue weighted by molar-refractivity contribution is 7.09. The number of nitrogens with one attached hydrogen (secondary N) is 3. The fourth-order valence-corrected chi connectivity index (χ4v) is 7.75. The molecule has 1 fully saturated rings. The molecule has 1 aliphatic rings. The molecule has 55 heavy (non-hydrogen) atoms. The van der Waals surface area contributed by atoms with Crippen LogP contribution in [0.25, 0.3) is 0 Å². The van der Waals surface area contributed by atoms with Crippen LogP contribution in [-0.2, 0) is 36.8 Å². The van der Waals surface area contributed by atoms with Gasteiger partial charge in [-0.1, -0.05) is 66.5 Å². The van der Waals surface area contributed by atoms with Gasteiger partial charge in [0.15, 0.2) is 6.73 Å². The number of nitrogens with two attached hydrogens (primary N) is 1. The molecular weight excluding hydrogens is 723 g/mol. The van der Waals surface area contributed by atoms with Crippen molar-refractivity contribution in [2.24, 2.45) is 23.6 Å². The van der Waals surface area contributed by atoms with E-state index < -0.39 is 24.0 Å². The second-order valence-corrected chi connectivity index (χ2v) is 16.2. The standard InChI is InChI=1S/C40H63N7O7S/c1-8-12-35(49)54-24-47(40(53)36(26(5)9-2)44-39(52)33-13-10-11-20-46(33)7)32(25(3)4)18-19-34-43-31(23-55-34)38(51)42-29(21-27(6)37(50)45-41)22-28-14-16-30(48)17-15-28/h14-17,23,25-27,29,32-33,36,48H,8-13,18-22,24,41H2,1-7H3,(H,42,51)(H,44,52)(H,45,50). The van der Waals surface area contributed by atoms with Gasteiger partial charge in [-0.05, 0) is 81.6 Å². The number of hydrazine groups is 1. The lowest BCUT2D eigenvalue weighted by Gasteiger charge is -2.39. The smallest absolute Gasteiger partial charge is 0.307 e. The molecule has 0 spiro atoms. The van der Waals surface area contributed by atoms with Gasteiger partial charge in [0.2, 0.25) is 17.7 Å². The molecule has 1 saturated heterocycles. The fraction of sp³-hybridized carbons (Fsp3) is 0.650. The minimum Gasteiger partial charge on any atom is -0.508 e. The van der Waals surface area contributed by atoms with Crippen LogP contribution < -0.4 is 21.9 Å². The van der Waals surface area contributed by atoms with Crippen LogP contribution in [0.4, 0.5) is 0 Å². The molecule has 0 radical (unpaired) electrons. The van der Waals surface area contributed by atoms with Crippen molar-refractivity contribution in [3.8, 4) is 5.75 Å². The van der Waals surface area contributed by atoms with Crippen molar-refractivity contribution < 1.29 is 33.8 Å². The number of carbonyl (C=O) groups is 5. The maximum Gasteiger partial charge on any atom is 0.307 e. The number of hydrogen-bond acceptors (Lipinski definition) is 11. The molecule has 1 aromatic heterocycles. The number of esters is 1. The second-order valence-electron chi connectivity index (χ2n) is 15.2. The van der Waals surface area contributed by atoms with Crippen molar-refractivity contribution in [3.63, 3.8) is 0 Å². The van der Waals surface area contributed by atoms with E-state index in [1.807, 2.05) is 46.6 Å². The summed E-state index contributed by atoms with van der Waals surface area (Å²) in [5, 5.41) is 18.2. The van der Waals surface area contributed by atoms with Gasteiger partial charge in [-0.2, -0.15) is 0 Å². The highest BCUT2D eigenvalue weighted by Gasteiger charge is 2.37. The number of aromatic nitrogens is 1. The quantitative estimate of drug-likeness (QED) is 0.0400. The first-order chi connectivity index (χ1) is 26.2. The Balaban J connectivity index is 1.80. The molecule has 4 amide bonds. The minimum absolute atomic E-state index is 0.0392. The number of aromatic hydroxyl groups is 1. The van der Waals surface area contributed by atoms with Gasteiger partial charge in [-0.15, -0.1) is 11.3 Å². The number of carbonyl (C=O) groups excluding carboxylic acids is 5. The molecule has 0 aliphatic carbocycles. The molecule has 2 heterocycles. The molecule has 14 nitrogen and oxygen atoms in total. The van der Waals surface area contributed by atoms with Gasteiger partial charge < -0.3 is 25.4 Å². The number of phenolic OH excluding ortho intramolecular Hbond substituents is 1. The highest BCUT2D eigenvalue weighted by atomic mass is 32.1. The van der Waals surface area contributed by atoms with Crippen molar-refractivity contribution in [2.75, 3.05) is 20.3 Å². The number of hydrogen-bond donors (Lipinski definition) is 5. The molecule has 1 aliphatic heterocycles. The molecule has 1 aromatic carbocycles. The normalized spacial score (nSPS) is 17.4. The number of amides is 4. The minimum atomic E-state index is -0.803. The van der Waals surface area contributed by atoms with Crippen molar-refractivity contribution >= 4 is 40.9 Å². The van der Waals surface area contributed by atoms with E-state index in [1.165, 1.54) is 11.3 Å². The summed E-state index contributed by atoms with van der Waals surface area (Å²) >= 11 is 1.34. The first-order valence-corrected chi connectivity index (χ1v) is 20.6. The number of likely N-dealkylation sites (N-methyl/N-ethyl adjacent to an activating group) is 1. The average Bonchev–Trinajstić information content (AvgIpc) is 3.64. The van der Waals surface area contributed by atoms with E-state index in [4.69, 9.17) is 10.6 Å². The fourth-order valence-electron chi connectivity index (χ4n) is 6.95. The van der Waals surface area contributed by atoms with Gasteiger partial charge in [-0.3, -0.25) is 34.3 Å². The van der Waals surface area contributed by atoms with Crippen molar-refractivity contribution in [1.82, 2.24) is 30.8 Å². The summed E-state index contributed by atoms with van der Waals surface area (Å²) in [4.78, 5) is 74.7. The maximum atomic E-state index is 14.5. The zero-order valence-corrected chi connectivity index (χ0v) is 34.5. The Morgan fingerprint density at radius 3 is 2.40 bits per heavy atom. The van der Waals surface area contributed by atoms with Gasteiger partial charge in [0, 0.05) is 36.2 Å². The summed E-state index contributed by atoms with van der Waals surface area (Å²) in [6.07, 6.45) is 5.88. The number of ether oxygens (including phenoxy) is 1. The van der Waals surface area contributed by atoms with E-state index in [0.717, 1.165) is 31.4 Å². The highest BCUT2D eigenvalue weighted by Crippen LogP contribution is 2.24. The van der Waals surface area contributed by atoms with Crippen LogP contribution in [0, 0.1) is 17.8 Å². The first kappa shape index (κ1) is 45.3. The summed E-state index contributed by atoms with van der Waals surface area (Å²) in [6, 6.07) is 4.77. The molecule has 6 atom stereocenters. The number of nitrogens with zero attached hydrogens (tertiary/aromatic N) is 3. The molecule has 306 valence electrons. The number of likely N-dealkylation sites (tertiary alicyclic amines) is 1. The van der Waals surface area contributed by atoms with E-state index in [1.54, 1.807) is 41.5 Å². The molecule has 3 rings (SSSR count). The Labute approximate surface area is 330 Å². The number of phenols is 1. The molecule has 6 N–H and O–H groups in total. The summed E-state index contributed by atoms with van der Waals surface area (Å²) in [6.45, 7) is 12.2. The Morgan fingerprint density at radius 2 is 1.78 bits per heavy atom. The number of piperidine rings is 1. The Hall–Kier alpha value is -4.08. The second kappa shape index (κ2) is 22.5. The van der Waals surface area contributed by atoms with Crippen molar-refractivity contribution in [2.45, 2.75) is 130 Å². The topological polar surface area (TPSA) is 196 Å². The molecule has 15 heteroatoms. The predicted octanol–water partition coefficient (Wildman–Crippen LogP) is 4.31. The molecular formula is C40H63N7O7S. The van der Waals surface area contributed by atoms with Crippen molar-refractivity contribution in [1.29, 1.82) is 0 Å². The number of thiazole rings is 1. The van der Waals surface area contributed by atoms with Crippen LogP contribution in [0.3, 0.4) is 0 Å². The first-order valence-electron chi connectivity index (χ1n) is 19.7. The lowest BCUT2D eigenvalue weighted by molar-refractivity contribution is -0.159. The zero-order chi connectivity index (χ0) is 40.7. The van der Waals surface area contributed by atoms with E-state index in [-0.39, 0.29) is 72.1 Å². The van der Waals surface area contributed by atoms with E-state index >= 15 is 0 Å². The monoisotopic (exact) mass is 785 g/mol. The maximum absolute atomic E-state index is 14.5. The Morgan fingerprint density at radius 1 is 1.07 bits per heavy atom. The van der Waals surface area contributed by atoms with Crippen LogP contribution in [0.2, 0.25) is 0 Å². The third-order valence-corrected chi connectivity index (χ3v) is 11.5. The molecule has 2 aromatic rings. The van der Waals surface area contributed by atoms with Gasteiger partial charge in [-0.25, -0.2) is 10.8 Å². The van der Waals surface area contributed by atoms with Crippen LogP contribution in [0.15, 0.2) is 29.6 Å². The van der Waals surface area contributed by atoms with E-state index in [2.05, 4.69) is 21.0 Å². The van der Waals surface area contributed by atoms with E-state index in [0.29, 0.717) is 43.5 Å². The van der Waals surface area contributed by atoms with Gasteiger partial charge in [0.25, 0.3) is 5.91 Å². The lowest BCUT2D eigenvalue weighted by Crippen LogP contribution is -2.59. The largest absolute Gasteiger partial charge is 0.508 e. The third kappa shape index (κ3) is 13.9. The number of aryl methyl sites for hydroxylation is 1. The predicted molar refractivity (Wildman–Crippen MR) is 213 cm³/mol. The van der Waals surface area contributed by atoms with Crippen molar-refractivity contribution in [3.05, 3.63) is 45.9 Å². The average molecular weight is 786 g/mol. The molecule has 6 unspecified atom stereocenters. The van der Waals surface area contributed by atoms with Gasteiger partial charge in [0.1, 0.15) is 17.5 Å². The lowest BCUT2D eigenvalue weighted by atomic mass is 9.93. The number of benzene rings is 1. The SMILES string of the molecule is CCCC(=O)OCN(C(=O)C(NC(=O)C1CCCCN1C)C(C)CC)C(CCc1nc(C(=O)NC(Cc2ccc(O)cc2)CC(C)C(=O)NN)cs1)C(C)C. The van der Waals surface area contributed by atoms with Crippen LogP contribution in [0.1, 0.15) is 114 Å². The summed E-state index contributed by atoms with van der Waals surface area (Å²) in [5.41, 5.74) is 3.28. The summed E-state index contributed by atoms with van der Waals surface area (Å²) < 4.78 is 5.66. The number of rotatable bonds is 21. The summed E-state index contributed by atoms with van der Waals surface area (Å²) in [5.74, 6) is 3.23. The molecule has 0 bridgehead atoms. The zero-order valence-electron chi connectivity index (χ0n) is 33.6. The summed E-state index contributed by atoms with van der Waals surface area (Å²) in [7, 11) is 1.94.